The van der Waals surface area contributed by atoms with Crippen LogP contribution in [0.3, 0.4) is 0 Å². The lowest BCUT2D eigenvalue weighted by atomic mass is 9.74. The fourth-order valence-electron chi connectivity index (χ4n) is 6.15. The highest BCUT2D eigenvalue weighted by atomic mass is 127. The molecule has 2 heterocycles. The van der Waals surface area contributed by atoms with Gasteiger partial charge in [-0.3, -0.25) is 4.79 Å². The molecule has 230 valence electrons. The summed E-state index contributed by atoms with van der Waals surface area (Å²) < 4.78 is 13.7. The van der Waals surface area contributed by atoms with Crippen LogP contribution >= 0.6 is 0 Å². The van der Waals surface area contributed by atoms with Gasteiger partial charge in [-0.15, -0.1) is 0 Å². The first-order valence-corrected chi connectivity index (χ1v) is 15.9. The molecule has 0 saturated carbocycles. The predicted octanol–water partition coefficient (Wildman–Crippen LogP) is 4.57. The third-order valence-corrected chi connectivity index (χ3v) is 8.58. The molecule has 1 aliphatic rings. The second-order valence-electron chi connectivity index (χ2n) is 11.8. The van der Waals surface area contributed by atoms with E-state index in [1.54, 1.807) is 11.9 Å². The number of ether oxygens (including phenoxy) is 2. The van der Waals surface area contributed by atoms with Crippen LogP contribution in [0.2, 0.25) is 0 Å². The number of aromatic nitrogens is 1. The molecule has 0 aromatic carbocycles. The van der Waals surface area contributed by atoms with Crippen LogP contribution in [0.15, 0.2) is 24.4 Å². The normalized spacial score (nSPS) is 19.1. The predicted molar refractivity (Wildman–Crippen MR) is 157 cm³/mol. The lowest BCUT2D eigenvalue weighted by molar-refractivity contribution is -0.680. The fourth-order valence-corrected chi connectivity index (χ4v) is 6.15. The van der Waals surface area contributed by atoms with Crippen molar-refractivity contribution < 1.29 is 47.6 Å². The average Bonchev–Trinajstić information content (AvgIpc) is 3.37. The lowest BCUT2D eigenvalue weighted by Gasteiger charge is -2.34. The van der Waals surface area contributed by atoms with Crippen molar-refractivity contribution in [2.24, 2.45) is 18.9 Å². The van der Waals surface area contributed by atoms with Crippen molar-refractivity contribution in [1.29, 1.82) is 0 Å². The van der Waals surface area contributed by atoms with Crippen molar-refractivity contribution in [1.82, 2.24) is 4.90 Å². The summed E-state index contributed by atoms with van der Waals surface area (Å²) >= 11 is 0. The molecule has 1 amide bonds. The van der Waals surface area contributed by atoms with Crippen LogP contribution in [-0.4, -0.2) is 43.1 Å². The first-order valence-electron chi connectivity index (χ1n) is 15.9. The monoisotopic (exact) mass is 672 g/mol. The number of hydrogen-bond acceptors (Lipinski definition) is 4. The second-order valence-corrected chi connectivity index (χ2v) is 11.8. The van der Waals surface area contributed by atoms with Gasteiger partial charge in [0.1, 0.15) is 20.2 Å². The number of aldehydes is 1. The Kier molecular flexibility index (Phi) is 19.8. The molecule has 1 saturated heterocycles. The Morgan fingerprint density at radius 1 is 1.02 bits per heavy atom. The highest BCUT2D eigenvalue weighted by molar-refractivity contribution is 5.69. The Bertz CT molecular complexity index is 823. The maximum Gasteiger partial charge on any atom is 0.410 e. The van der Waals surface area contributed by atoms with E-state index >= 15 is 0 Å². The van der Waals surface area contributed by atoms with Gasteiger partial charge in [0.2, 0.25) is 5.69 Å². The molecular formula is C33H57IN2O4. The molecule has 1 aliphatic heterocycles. The van der Waals surface area contributed by atoms with E-state index in [4.69, 9.17) is 9.47 Å². The van der Waals surface area contributed by atoms with Gasteiger partial charge >= 0.3 is 6.09 Å². The van der Waals surface area contributed by atoms with Crippen LogP contribution in [-0.2, 0) is 27.9 Å². The van der Waals surface area contributed by atoms with Gasteiger partial charge in [-0.05, 0) is 12.3 Å². The lowest BCUT2D eigenvalue weighted by Crippen LogP contribution is -3.00. The van der Waals surface area contributed by atoms with Gasteiger partial charge < -0.3 is 38.4 Å². The molecule has 2 rings (SSSR count). The molecule has 1 aromatic heterocycles. The minimum absolute atomic E-state index is 0. The van der Waals surface area contributed by atoms with Crippen molar-refractivity contribution in [2.45, 2.75) is 129 Å². The van der Waals surface area contributed by atoms with Crippen LogP contribution in [0.4, 0.5) is 4.79 Å². The van der Waals surface area contributed by atoms with E-state index in [1.165, 1.54) is 77.0 Å². The maximum atomic E-state index is 12.8. The zero-order chi connectivity index (χ0) is 28.3. The van der Waals surface area contributed by atoms with Gasteiger partial charge in [-0.2, -0.15) is 0 Å². The average molecular weight is 673 g/mol. The van der Waals surface area contributed by atoms with Crippen LogP contribution in [0.5, 0.6) is 0 Å². The van der Waals surface area contributed by atoms with Gasteiger partial charge in [0, 0.05) is 31.7 Å². The summed E-state index contributed by atoms with van der Waals surface area (Å²) in [6.45, 7) is 5.47. The summed E-state index contributed by atoms with van der Waals surface area (Å²) in [5.74, 6) is 0.526. The zero-order valence-corrected chi connectivity index (χ0v) is 28.0. The smallest absolute Gasteiger partial charge is 0.410 e. The summed E-state index contributed by atoms with van der Waals surface area (Å²) in [4.78, 5) is 26.8. The first-order chi connectivity index (χ1) is 19.0. The molecule has 7 heteroatoms. The second kappa shape index (κ2) is 21.5. The van der Waals surface area contributed by atoms with Crippen LogP contribution in [0.25, 0.3) is 0 Å². The highest BCUT2D eigenvalue weighted by Gasteiger charge is 2.48. The molecule has 0 radical (unpaired) electrons. The van der Waals surface area contributed by atoms with Crippen molar-refractivity contribution in [3.63, 3.8) is 0 Å². The number of amides is 1. The van der Waals surface area contributed by atoms with Gasteiger partial charge in [-0.1, -0.05) is 116 Å². The quantitative estimate of drug-likeness (QED) is 0.0832. The Morgan fingerprint density at radius 3 is 2.23 bits per heavy atom. The molecule has 0 spiro atoms. The third-order valence-electron chi connectivity index (χ3n) is 8.58. The summed E-state index contributed by atoms with van der Waals surface area (Å²) in [5, 5.41) is 0. The van der Waals surface area contributed by atoms with Crippen LogP contribution < -0.4 is 28.5 Å². The van der Waals surface area contributed by atoms with Crippen molar-refractivity contribution >= 4 is 12.4 Å². The first kappa shape index (κ1) is 36.8. The Morgan fingerprint density at radius 2 is 1.65 bits per heavy atom. The SMILES string of the molecule is CCCCCCCCCCCCCCC(CCC)[C@H]1CCO[C@]1(C=O)COC(=O)N(C)Cc1cccc[n+]1C.[I-]. The number of carbonyl (C=O) groups is 2. The molecule has 0 aliphatic carbocycles. The number of halogens is 1. The van der Waals surface area contributed by atoms with Crippen LogP contribution in [0.1, 0.15) is 122 Å². The maximum absolute atomic E-state index is 12.8. The Hall–Kier alpha value is -1.22. The van der Waals surface area contributed by atoms with E-state index in [0.717, 1.165) is 37.7 Å². The van der Waals surface area contributed by atoms with E-state index < -0.39 is 11.7 Å². The minimum atomic E-state index is -1.02. The summed E-state index contributed by atoms with van der Waals surface area (Å²) in [5.41, 5.74) is -0.0207. The topological polar surface area (TPSA) is 59.7 Å². The number of nitrogens with zero attached hydrogens (tertiary/aromatic N) is 2. The number of unbranched alkanes of at least 4 members (excludes halogenated alkanes) is 11. The van der Waals surface area contributed by atoms with Gasteiger partial charge in [-0.25, -0.2) is 9.36 Å². The minimum Gasteiger partial charge on any atom is -1.00 e. The number of aryl methyl sites for hydroxylation is 1. The Labute approximate surface area is 262 Å². The summed E-state index contributed by atoms with van der Waals surface area (Å²) in [6, 6.07) is 5.90. The molecule has 0 N–H and O–H groups in total. The number of rotatable bonds is 21. The zero-order valence-electron chi connectivity index (χ0n) is 25.9. The highest BCUT2D eigenvalue weighted by Crippen LogP contribution is 2.41. The van der Waals surface area contributed by atoms with E-state index in [1.807, 2.05) is 36.0 Å². The molecular weight excluding hydrogens is 615 g/mol. The van der Waals surface area contributed by atoms with E-state index in [-0.39, 0.29) is 36.5 Å². The summed E-state index contributed by atoms with van der Waals surface area (Å²) in [7, 11) is 3.68. The molecule has 1 fully saturated rings. The molecule has 40 heavy (non-hydrogen) atoms. The van der Waals surface area contributed by atoms with E-state index in [9.17, 15) is 9.59 Å². The molecule has 3 atom stereocenters. The standard InChI is InChI=1S/C33H57N2O4.HI/c1-5-7-8-9-10-11-12-13-14-15-16-17-21-29(20-6-2)31-23-25-39-33(31,27-36)28-38-32(37)35(4)26-30-22-18-19-24-34(30)3;/h18-19,22,24,27,29,31H,5-17,20-21,23,25-26,28H2,1-4H3;1H/q+1;/p-1/t29?,31-,33-;/m1./s1. The number of carbonyl (C=O) groups excluding carboxylic acids is 2. The molecule has 1 aromatic rings. The van der Waals surface area contributed by atoms with Gasteiger partial charge in [0.25, 0.3) is 0 Å². The van der Waals surface area contributed by atoms with Crippen LogP contribution in [0, 0.1) is 11.8 Å². The fraction of sp³-hybridized carbons (Fsp3) is 0.788. The molecule has 0 bridgehead atoms. The third kappa shape index (κ3) is 12.7. The van der Waals surface area contributed by atoms with Gasteiger partial charge in [0.15, 0.2) is 18.1 Å². The summed E-state index contributed by atoms with van der Waals surface area (Å²) in [6.07, 6.45) is 22.7. The van der Waals surface area contributed by atoms with Gasteiger partial charge in [0.05, 0.1) is 0 Å². The van der Waals surface area contributed by atoms with Crippen molar-refractivity contribution in [2.75, 3.05) is 20.3 Å². The van der Waals surface area contributed by atoms with Crippen molar-refractivity contribution in [3.8, 4) is 0 Å². The largest absolute Gasteiger partial charge is 1.00 e. The molecule has 6 nitrogen and oxygen atoms in total. The van der Waals surface area contributed by atoms with E-state index in [0.29, 0.717) is 19.1 Å². The van der Waals surface area contributed by atoms with Crippen molar-refractivity contribution in [3.05, 3.63) is 30.1 Å². The number of pyridine rings is 1. The van der Waals surface area contributed by atoms with E-state index in [2.05, 4.69) is 13.8 Å². The Balaban J connectivity index is 0.00000800. The number of hydrogen-bond donors (Lipinski definition) is 0. The molecule has 1 unspecified atom stereocenters.